The molecule has 2 atom stereocenters. The average molecular weight is 276 g/mol. The molecule has 0 aliphatic heterocycles. The van der Waals surface area contributed by atoms with Crippen LogP contribution in [0.4, 0.5) is 4.39 Å². The van der Waals surface area contributed by atoms with E-state index in [1.54, 1.807) is 0 Å². The Labute approximate surface area is 109 Å². The second-order valence-electron chi connectivity index (χ2n) is 3.99. The first-order valence-electron chi connectivity index (χ1n) is 5.46. The number of hydrogen-bond acceptors (Lipinski definition) is 3. The Bertz CT molecular complexity index is 408. The summed E-state index contributed by atoms with van der Waals surface area (Å²) in [6, 6.07) is 3.61. The fraction of sp³-hybridized carbons (Fsp3) is 0.417. The minimum absolute atomic E-state index is 0.151. The van der Waals surface area contributed by atoms with Gasteiger partial charge in [-0.05, 0) is 30.2 Å². The van der Waals surface area contributed by atoms with Crippen molar-refractivity contribution in [3.05, 3.63) is 34.6 Å². The first-order valence-corrected chi connectivity index (χ1v) is 5.84. The van der Waals surface area contributed by atoms with Gasteiger partial charge < -0.3 is 15.5 Å². The van der Waals surface area contributed by atoms with Crippen LogP contribution in [-0.2, 0) is 4.79 Å². The normalized spacial score (nSPS) is 14.1. The Morgan fingerprint density at radius 1 is 1.44 bits per heavy atom. The zero-order chi connectivity index (χ0) is 13.7. The molecule has 1 aromatic carbocycles. The molecule has 1 aromatic rings. The number of nitrogens with one attached hydrogen (secondary N) is 1. The van der Waals surface area contributed by atoms with Gasteiger partial charge in [-0.1, -0.05) is 11.6 Å². The molecular weight excluding hydrogens is 261 g/mol. The van der Waals surface area contributed by atoms with Crippen molar-refractivity contribution in [3.63, 3.8) is 0 Å². The summed E-state index contributed by atoms with van der Waals surface area (Å²) in [5.41, 5.74) is 0.204. The minimum atomic E-state index is -1.24. The van der Waals surface area contributed by atoms with Gasteiger partial charge in [-0.15, -0.1) is 0 Å². The highest BCUT2D eigenvalue weighted by molar-refractivity contribution is 6.30. The van der Waals surface area contributed by atoms with Crippen molar-refractivity contribution >= 4 is 17.5 Å². The summed E-state index contributed by atoms with van der Waals surface area (Å²) in [5, 5.41) is 22.2. The van der Waals surface area contributed by atoms with Crippen LogP contribution in [0.15, 0.2) is 18.2 Å². The van der Waals surface area contributed by atoms with E-state index in [4.69, 9.17) is 11.6 Å². The van der Waals surface area contributed by atoms with E-state index in [1.165, 1.54) is 13.0 Å². The van der Waals surface area contributed by atoms with Crippen LogP contribution in [0.1, 0.15) is 25.0 Å². The van der Waals surface area contributed by atoms with Gasteiger partial charge in [0.05, 0.1) is 6.10 Å². The molecule has 0 spiro atoms. The van der Waals surface area contributed by atoms with E-state index in [0.717, 1.165) is 12.1 Å². The Balaban J connectivity index is 2.62. The topological polar surface area (TPSA) is 69.6 Å². The number of hydrogen-bond donors (Lipinski definition) is 3. The second-order valence-corrected chi connectivity index (χ2v) is 4.42. The minimum Gasteiger partial charge on any atom is -0.390 e. The zero-order valence-corrected chi connectivity index (χ0v) is 10.6. The summed E-state index contributed by atoms with van der Waals surface area (Å²) in [5.74, 6) is -0.795. The summed E-state index contributed by atoms with van der Waals surface area (Å²) >= 11 is 5.66. The summed E-state index contributed by atoms with van der Waals surface area (Å²) < 4.78 is 13.1. The first-order chi connectivity index (χ1) is 8.40. The van der Waals surface area contributed by atoms with E-state index < -0.39 is 18.0 Å². The van der Waals surface area contributed by atoms with Crippen LogP contribution < -0.4 is 5.32 Å². The van der Waals surface area contributed by atoms with Crippen molar-refractivity contribution < 1.29 is 19.4 Å². The van der Waals surface area contributed by atoms with Gasteiger partial charge in [0.25, 0.3) is 0 Å². The third kappa shape index (κ3) is 4.60. The summed E-state index contributed by atoms with van der Waals surface area (Å²) in [4.78, 5) is 10.6. The van der Waals surface area contributed by atoms with E-state index in [-0.39, 0.29) is 29.5 Å². The smallest absolute Gasteiger partial charge is 0.216 e. The van der Waals surface area contributed by atoms with Crippen molar-refractivity contribution in [2.75, 3.05) is 6.54 Å². The molecule has 0 heterocycles. The van der Waals surface area contributed by atoms with E-state index in [1.807, 2.05) is 0 Å². The first kappa shape index (κ1) is 14.9. The number of aliphatic hydroxyl groups excluding tert-OH is 2. The number of amides is 1. The highest BCUT2D eigenvalue weighted by Crippen LogP contribution is 2.23. The lowest BCUT2D eigenvalue weighted by atomic mass is 10.0. The molecule has 2 unspecified atom stereocenters. The van der Waals surface area contributed by atoms with Crippen LogP contribution in [0.5, 0.6) is 0 Å². The van der Waals surface area contributed by atoms with Crippen LogP contribution in [0.25, 0.3) is 0 Å². The summed E-state index contributed by atoms with van der Waals surface area (Å²) in [6.07, 6.45) is -2.18. The predicted molar refractivity (Wildman–Crippen MR) is 65.7 cm³/mol. The molecule has 0 saturated carbocycles. The zero-order valence-electron chi connectivity index (χ0n) is 9.86. The molecule has 4 nitrogen and oxygen atoms in total. The molecule has 0 fully saturated rings. The largest absolute Gasteiger partial charge is 0.390 e. The van der Waals surface area contributed by atoms with Crippen LogP contribution in [-0.4, -0.2) is 28.8 Å². The molecule has 0 radical (unpaired) electrons. The third-order valence-corrected chi connectivity index (χ3v) is 2.62. The van der Waals surface area contributed by atoms with Gasteiger partial charge in [-0.25, -0.2) is 4.39 Å². The van der Waals surface area contributed by atoms with E-state index in [0.29, 0.717) is 0 Å². The van der Waals surface area contributed by atoms with E-state index >= 15 is 0 Å². The van der Waals surface area contributed by atoms with Crippen molar-refractivity contribution in [2.45, 2.75) is 25.6 Å². The molecule has 0 bridgehead atoms. The van der Waals surface area contributed by atoms with E-state index in [2.05, 4.69) is 5.32 Å². The number of carbonyl (C=O) groups is 1. The maximum Gasteiger partial charge on any atom is 0.216 e. The molecule has 0 aromatic heterocycles. The number of carbonyl (C=O) groups excluding carboxylic acids is 1. The molecule has 0 saturated heterocycles. The second kappa shape index (κ2) is 6.68. The van der Waals surface area contributed by atoms with Crippen LogP contribution in [0.2, 0.25) is 5.02 Å². The van der Waals surface area contributed by atoms with Gasteiger partial charge in [-0.3, -0.25) is 4.79 Å². The standard InChI is InChI=1S/C12H15ClFNO3/c1-7(16)15-3-2-11(17)12(18)8-4-9(13)6-10(14)5-8/h4-6,11-12,17-18H,2-3H2,1H3,(H,15,16). The van der Waals surface area contributed by atoms with Crippen LogP contribution in [0.3, 0.4) is 0 Å². The fourth-order valence-corrected chi connectivity index (χ4v) is 1.75. The van der Waals surface area contributed by atoms with Gasteiger partial charge >= 0.3 is 0 Å². The number of benzene rings is 1. The molecule has 1 rings (SSSR count). The van der Waals surface area contributed by atoms with E-state index in [9.17, 15) is 19.4 Å². The monoisotopic (exact) mass is 275 g/mol. The lowest BCUT2D eigenvalue weighted by molar-refractivity contribution is -0.119. The van der Waals surface area contributed by atoms with Gasteiger partial charge in [0.1, 0.15) is 11.9 Å². The highest BCUT2D eigenvalue weighted by Gasteiger charge is 2.19. The number of aliphatic hydroxyl groups is 2. The molecule has 0 aliphatic carbocycles. The lowest BCUT2D eigenvalue weighted by Gasteiger charge is -2.18. The average Bonchev–Trinajstić information content (AvgIpc) is 2.26. The predicted octanol–water partition coefficient (Wildman–Crippen LogP) is 1.40. The third-order valence-electron chi connectivity index (χ3n) is 2.40. The Morgan fingerprint density at radius 3 is 2.67 bits per heavy atom. The molecule has 1 amide bonds. The maximum absolute atomic E-state index is 13.1. The molecule has 0 aliphatic rings. The molecule has 6 heteroatoms. The number of rotatable bonds is 5. The highest BCUT2D eigenvalue weighted by atomic mass is 35.5. The molecule has 18 heavy (non-hydrogen) atoms. The van der Waals surface area contributed by atoms with Gasteiger partial charge in [0, 0.05) is 18.5 Å². The van der Waals surface area contributed by atoms with Gasteiger partial charge in [-0.2, -0.15) is 0 Å². The SMILES string of the molecule is CC(=O)NCCC(O)C(O)c1cc(F)cc(Cl)c1. The Kier molecular flexibility index (Phi) is 5.53. The van der Waals surface area contributed by atoms with Gasteiger partial charge in [0.15, 0.2) is 0 Å². The molecular formula is C12H15ClFNO3. The summed E-state index contributed by atoms with van der Waals surface area (Å²) in [6.45, 7) is 1.59. The van der Waals surface area contributed by atoms with Crippen molar-refractivity contribution in [2.24, 2.45) is 0 Å². The van der Waals surface area contributed by atoms with Crippen molar-refractivity contribution in [1.82, 2.24) is 5.32 Å². The van der Waals surface area contributed by atoms with Crippen molar-refractivity contribution in [1.29, 1.82) is 0 Å². The number of halogens is 2. The Morgan fingerprint density at radius 2 is 2.11 bits per heavy atom. The van der Waals surface area contributed by atoms with Crippen LogP contribution in [0, 0.1) is 5.82 Å². The van der Waals surface area contributed by atoms with Gasteiger partial charge in [0.2, 0.25) is 5.91 Å². The lowest BCUT2D eigenvalue weighted by Crippen LogP contribution is -2.27. The summed E-state index contributed by atoms with van der Waals surface area (Å²) in [7, 11) is 0. The fourth-order valence-electron chi connectivity index (χ4n) is 1.52. The Hall–Kier alpha value is -1.17. The molecule has 100 valence electrons. The molecule has 3 N–H and O–H groups in total. The van der Waals surface area contributed by atoms with Crippen molar-refractivity contribution in [3.8, 4) is 0 Å². The quantitative estimate of drug-likeness (QED) is 0.761. The van der Waals surface area contributed by atoms with Crippen LogP contribution >= 0.6 is 11.6 Å². The maximum atomic E-state index is 13.1.